The highest BCUT2D eigenvalue weighted by Crippen LogP contribution is 2.38. The van der Waals surface area contributed by atoms with Crippen molar-refractivity contribution < 1.29 is 14.3 Å². The molecule has 28 heavy (non-hydrogen) atoms. The third-order valence-corrected chi connectivity index (χ3v) is 6.17. The Kier molecular flexibility index (Phi) is 4.56. The van der Waals surface area contributed by atoms with E-state index < -0.39 is 0 Å². The number of fused-ring (bicyclic) bond motifs is 1. The molecule has 1 aromatic heterocycles. The van der Waals surface area contributed by atoms with Gasteiger partial charge in [-0.25, -0.2) is 4.68 Å². The van der Waals surface area contributed by atoms with Crippen LogP contribution in [0.25, 0.3) is 5.69 Å². The number of carbonyl (C=O) groups is 1. The summed E-state index contributed by atoms with van der Waals surface area (Å²) in [6, 6.07) is 8.51. The zero-order valence-corrected chi connectivity index (χ0v) is 16.2. The fourth-order valence-electron chi connectivity index (χ4n) is 4.51. The number of hydrogen-bond donors (Lipinski definition) is 0. The molecular weight excluding hydrogens is 356 g/mol. The van der Waals surface area contributed by atoms with Crippen LogP contribution in [0.5, 0.6) is 5.75 Å². The van der Waals surface area contributed by atoms with E-state index in [0.717, 1.165) is 43.6 Å². The normalized spacial score (nSPS) is 25.4. The first-order chi connectivity index (χ1) is 13.7. The van der Waals surface area contributed by atoms with Gasteiger partial charge in [0.1, 0.15) is 11.4 Å². The van der Waals surface area contributed by atoms with E-state index in [1.807, 2.05) is 29.2 Å². The smallest absolute Gasteiger partial charge is 0.257 e. The van der Waals surface area contributed by atoms with Crippen molar-refractivity contribution in [2.75, 3.05) is 40.0 Å². The maximum absolute atomic E-state index is 13.1. The molecule has 2 aliphatic heterocycles. The van der Waals surface area contributed by atoms with Crippen molar-refractivity contribution >= 4 is 5.91 Å². The molecule has 0 radical (unpaired) electrons. The van der Waals surface area contributed by atoms with Crippen LogP contribution >= 0.6 is 0 Å². The summed E-state index contributed by atoms with van der Waals surface area (Å²) in [6.45, 7) is 3.98. The largest absolute Gasteiger partial charge is 0.494 e. The van der Waals surface area contributed by atoms with Crippen molar-refractivity contribution in [1.82, 2.24) is 19.6 Å². The highest BCUT2D eigenvalue weighted by molar-refractivity contribution is 5.94. The first-order valence-electron chi connectivity index (χ1n) is 10.1. The van der Waals surface area contributed by atoms with Crippen LogP contribution in [-0.4, -0.2) is 77.5 Å². The summed E-state index contributed by atoms with van der Waals surface area (Å²) in [4.78, 5) is 17.6. The van der Waals surface area contributed by atoms with E-state index in [9.17, 15) is 4.79 Å². The van der Waals surface area contributed by atoms with Crippen molar-refractivity contribution in [2.24, 2.45) is 5.92 Å². The predicted molar refractivity (Wildman–Crippen MR) is 104 cm³/mol. The summed E-state index contributed by atoms with van der Waals surface area (Å²) in [5.74, 6) is 1.56. The molecule has 2 atom stereocenters. The minimum absolute atomic E-state index is 0.0364. The Labute approximate surface area is 164 Å². The van der Waals surface area contributed by atoms with Gasteiger partial charge in [0.05, 0.1) is 38.1 Å². The number of methoxy groups -OCH3 is 1. The van der Waals surface area contributed by atoms with Crippen LogP contribution in [0.1, 0.15) is 23.2 Å². The molecule has 3 heterocycles. The first kappa shape index (κ1) is 17.7. The molecule has 0 spiro atoms. The topological polar surface area (TPSA) is 59.8 Å². The molecule has 7 nitrogen and oxygen atoms in total. The van der Waals surface area contributed by atoms with Crippen molar-refractivity contribution in [2.45, 2.75) is 24.9 Å². The van der Waals surface area contributed by atoms with E-state index in [4.69, 9.17) is 9.47 Å². The number of ether oxygens (including phenoxy) is 2. The molecule has 0 N–H and O–H groups in total. The van der Waals surface area contributed by atoms with E-state index in [-0.39, 0.29) is 5.91 Å². The molecule has 0 bridgehead atoms. The fraction of sp³-hybridized carbons (Fsp3) is 0.524. The molecule has 148 valence electrons. The molecule has 1 saturated carbocycles. The molecular formula is C21H26N4O3. The monoisotopic (exact) mass is 382 g/mol. The number of nitrogens with zero attached hydrogens (tertiary/aromatic N) is 4. The van der Waals surface area contributed by atoms with E-state index in [1.54, 1.807) is 24.2 Å². The van der Waals surface area contributed by atoms with Crippen LogP contribution in [0.15, 0.2) is 36.7 Å². The average Bonchev–Trinajstić information content (AvgIpc) is 3.48. The first-order valence-corrected chi connectivity index (χ1v) is 10.1. The summed E-state index contributed by atoms with van der Waals surface area (Å²) in [5.41, 5.74) is 1.43. The van der Waals surface area contributed by atoms with Gasteiger partial charge >= 0.3 is 0 Å². The summed E-state index contributed by atoms with van der Waals surface area (Å²) in [7, 11) is 1.63. The van der Waals surface area contributed by atoms with Crippen molar-refractivity contribution in [3.63, 3.8) is 0 Å². The summed E-state index contributed by atoms with van der Waals surface area (Å²) in [5, 5.41) is 4.39. The minimum atomic E-state index is 0.0364. The minimum Gasteiger partial charge on any atom is -0.494 e. The van der Waals surface area contributed by atoms with Crippen LogP contribution in [0.2, 0.25) is 0 Å². The summed E-state index contributed by atoms with van der Waals surface area (Å²) < 4.78 is 13.0. The Morgan fingerprint density at radius 1 is 1.21 bits per heavy atom. The number of carbonyl (C=O) groups excluding carboxylic acids is 1. The third-order valence-electron chi connectivity index (χ3n) is 6.17. The van der Waals surface area contributed by atoms with Crippen molar-refractivity contribution in [3.8, 4) is 11.4 Å². The van der Waals surface area contributed by atoms with Crippen LogP contribution in [-0.2, 0) is 4.74 Å². The number of benzene rings is 1. The number of amides is 1. The quantitative estimate of drug-likeness (QED) is 0.807. The van der Waals surface area contributed by atoms with Crippen LogP contribution < -0.4 is 4.74 Å². The SMILES string of the molecule is COc1ccccc1-n1cc(C(=O)N2CCN3[C@@H](COC[C@@H]3C3CC3)C2)cn1. The molecule has 5 rings (SSSR count). The zero-order valence-electron chi connectivity index (χ0n) is 16.2. The second kappa shape index (κ2) is 7.22. The van der Waals surface area contributed by atoms with Crippen LogP contribution in [0, 0.1) is 5.92 Å². The lowest BCUT2D eigenvalue weighted by Gasteiger charge is -2.48. The van der Waals surface area contributed by atoms with Gasteiger partial charge < -0.3 is 14.4 Å². The van der Waals surface area contributed by atoms with E-state index in [0.29, 0.717) is 24.3 Å². The Balaban J connectivity index is 1.30. The van der Waals surface area contributed by atoms with Crippen LogP contribution in [0.4, 0.5) is 0 Å². The third kappa shape index (κ3) is 3.18. The van der Waals surface area contributed by atoms with E-state index in [2.05, 4.69) is 10.00 Å². The maximum atomic E-state index is 13.1. The second-order valence-corrected chi connectivity index (χ2v) is 7.93. The number of piperazine rings is 1. The molecule has 3 fully saturated rings. The lowest BCUT2D eigenvalue weighted by molar-refractivity contribution is -0.0816. The predicted octanol–water partition coefficient (Wildman–Crippen LogP) is 1.82. The molecule has 2 saturated heterocycles. The van der Waals surface area contributed by atoms with Gasteiger partial charge in [0.15, 0.2) is 0 Å². The Bertz CT molecular complexity index is 863. The lowest BCUT2D eigenvalue weighted by atomic mass is 10.0. The molecule has 1 aromatic carbocycles. The lowest BCUT2D eigenvalue weighted by Crippen LogP contribution is -2.63. The summed E-state index contributed by atoms with van der Waals surface area (Å²) >= 11 is 0. The number of rotatable bonds is 4. The highest BCUT2D eigenvalue weighted by atomic mass is 16.5. The van der Waals surface area contributed by atoms with Crippen LogP contribution in [0.3, 0.4) is 0 Å². The van der Waals surface area contributed by atoms with Gasteiger partial charge in [-0.1, -0.05) is 12.1 Å². The Hall–Kier alpha value is -2.38. The van der Waals surface area contributed by atoms with Gasteiger partial charge in [-0.2, -0.15) is 5.10 Å². The fourth-order valence-corrected chi connectivity index (χ4v) is 4.51. The van der Waals surface area contributed by atoms with Gasteiger partial charge in [0.25, 0.3) is 5.91 Å². The Morgan fingerprint density at radius 2 is 2.07 bits per heavy atom. The molecule has 1 amide bonds. The molecule has 7 heteroatoms. The Morgan fingerprint density at radius 3 is 2.89 bits per heavy atom. The molecule has 2 aromatic rings. The highest BCUT2D eigenvalue weighted by Gasteiger charge is 2.43. The molecule has 3 aliphatic rings. The standard InChI is InChI=1S/C21H26N4O3/c1-27-20-5-3-2-4-18(20)25-11-16(10-22-25)21(26)23-8-9-24-17(12-23)13-28-14-19(24)15-6-7-15/h2-5,10-11,15,17,19H,6-9,12-14H2,1H3/t17-,19-/m1/s1. The van der Waals surface area contributed by atoms with Crippen molar-refractivity contribution in [1.29, 1.82) is 0 Å². The maximum Gasteiger partial charge on any atom is 0.257 e. The number of morpholine rings is 1. The number of para-hydroxylation sites is 2. The summed E-state index contributed by atoms with van der Waals surface area (Å²) in [6.07, 6.45) is 6.08. The number of hydrogen-bond acceptors (Lipinski definition) is 5. The van der Waals surface area contributed by atoms with Gasteiger partial charge in [0.2, 0.25) is 0 Å². The number of aromatic nitrogens is 2. The van der Waals surface area contributed by atoms with E-state index in [1.165, 1.54) is 12.8 Å². The van der Waals surface area contributed by atoms with E-state index >= 15 is 0 Å². The van der Waals surface area contributed by atoms with Crippen molar-refractivity contribution in [3.05, 3.63) is 42.2 Å². The second-order valence-electron chi connectivity index (χ2n) is 7.93. The zero-order chi connectivity index (χ0) is 19.1. The van der Waals surface area contributed by atoms with Gasteiger partial charge in [0, 0.05) is 31.9 Å². The molecule has 0 unspecified atom stereocenters. The van der Waals surface area contributed by atoms with Gasteiger partial charge in [-0.15, -0.1) is 0 Å². The molecule has 1 aliphatic carbocycles. The average molecular weight is 382 g/mol. The van der Waals surface area contributed by atoms with Gasteiger partial charge in [-0.05, 0) is 30.9 Å². The van der Waals surface area contributed by atoms with Gasteiger partial charge in [-0.3, -0.25) is 9.69 Å².